The zero-order valence-electron chi connectivity index (χ0n) is 15.7. The summed E-state index contributed by atoms with van der Waals surface area (Å²) in [5.41, 5.74) is 3.32. The molecule has 2 aromatic carbocycles. The first-order valence-corrected chi connectivity index (χ1v) is 9.57. The minimum atomic E-state index is -0.822. The zero-order valence-corrected chi connectivity index (χ0v) is 15.7. The van der Waals surface area contributed by atoms with Gasteiger partial charge in [0.25, 0.3) is 0 Å². The van der Waals surface area contributed by atoms with Crippen LogP contribution in [-0.2, 0) is 29.0 Å². The Morgan fingerprint density at radius 1 is 1.11 bits per heavy atom. The van der Waals surface area contributed by atoms with Crippen LogP contribution < -0.4 is 5.32 Å². The number of rotatable bonds is 8. The fourth-order valence-corrected chi connectivity index (χ4v) is 3.60. The first-order chi connectivity index (χ1) is 13.5. The predicted octanol–water partition coefficient (Wildman–Crippen LogP) is 2.78. The van der Waals surface area contributed by atoms with E-state index in [0.29, 0.717) is 38.9 Å². The summed E-state index contributed by atoms with van der Waals surface area (Å²) < 4.78 is 13.0. The second-order valence-electron chi connectivity index (χ2n) is 7.12. The highest BCUT2D eigenvalue weighted by molar-refractivity contribution is 5.82. The van der Waals surface area contributed by atoms with Crippen molar-refractivity contribution in [3.05, 3.63) is 71.0 Å². The van der Waals surface area contributed by atoms with Crippen LogP contribution in [-0.4, -0.2) is 41.0 Å². The standard InChI is InChI=1S/C22H25FN2O3/c23-19-9-7-16(8-10-19)11-12-24-22(28)20-14-17-4-1-2-5-18(17)15-25(20)13-3-6-21(26)27/h1-2,4-5,7-10,20H,3,6,11-15H2,(H,24,28)(H,26,27). The number of carbonyl (C=O) groups excluding carboxylic acids is 1. The van der Waals surface area contributed by atoms with E-state index in [1.54, 1.807) is 12.1 Å². The fourth-order valence-electron chi connectivity index (χ4n) is 3.60. The number of nitrogens with one attached hydrogen (secondary N) is 1. The number of nitrogens with zero attached hydrogens (tertiary/aromatic N) is 1. The number of benzene rings is 2. The van der Waals surface area contributed by atoms with Crippen LogP contribution in [0.2, 0.25) is 0 Å². The highest BCUT2D eigenvalue weighted by Crippen LogP contribution is 2.24. The average molecular weight is 384 g/mol. The molecule has 0 radical (unpaired) electrons. The van der Waals surface area contributed by atoms with E-state index in [0.717, 1.165) is 11.1 Å². The maximum absolute atomic E-state index is 13.0. The number of aliphatic carboxylic acids is 1. The lowest BCUT2D eigenvalue weighted by Gasteiger charge is -2.36. The molecule has 0 saturated carbocycles. The molecule has 0 saturated heterocycles. The van der Waals surface area contributed by atoms with Crippen LogP contribution >= 0.6 is 0 Å². The van der Waals surface area contributed by atoms with Gasteiger partial charge in [0.15, 0.2) is 0 Å². The normalized spacial score (nSPS) is 16.4. The molecule has 1 heterocycles. The van der Waals surface area contributed by atoms with E-state index in [1.807, 2.05) is 18.2 Å². The molecule has 28 heavy (non-hydrogen) atoms. The van der Waals surface area contributed by atoms with Crippen LogP contribution in [0.4, 0.5) is 4.39 Å². The van der Waals surface area contributed by atoms with Crippen molar-refractivity contribution in [2.45, 2.75) is 38.3 Å². The van der Waals surface area contributed by atoms with E-state index in [1.165, 1.54) is 17.7 Å². The van der Waals surface area contributed by atoms with Crippen LogP contribution in [0.1, 0.15) is 29.5 Å². The number of hydrogen-bond donors (Lipinski definition) is 2. The molecule has 2 N–H and O–H groups in total. The van der Waals surface area contributed by atoms with Crippen molar-refractivity contribution < 1.29 is 19.1 Å². The molecule has 0 aromatic heterocycles. The molecular formula is C22H25FN2O3. The Bertz CT molecular complexity index is 823. The van der Waals surface area contributed by atoms with Gasteiger partial charge in [-0.15, -0.1) is 0 Å². The Hall–Kier alpha value is -2.73. The number of amides is 1. The lowest BCUT2D eigenvalue weighted by atomic mass is 9.93. The minimum Gasteiger partial charge on any atom is -0.481 e. The van der Waals surface area contributed by atoms with Gasteiger partial charge in [-0.1, -0.05) is 36.4 Å². The van der Waals surface area contributed by atoms with Crippen molar-refractivity contribution in [3.63, 3.8) is 0 Å². The third kappa shape index (κ3) is 5.39. The van der Waals surface area contributed by atoms with Gasteiger partial charge in [0.05, 0.1) is 6.04 Å². The summed E-state index contributed by atoms with van der Waals surface area (Å²) in [5, 5.41) is 11.9. The van der Waals surface area contributed by atoms with E-state index >= 15 is 0 Å². The first kappa shape index (κ1) is 20.0. The van der Waals surface area contributed by atoms with Crippen LogP contribution in [0.25, 0.3) is 0 Å². The van der Waals surface area contributed by atoms with Gasteiger partial charge >= 0.3 is 5.97 Å². The van der Waals surface area contributed by atoms with Gasteiger partial charge in [0, 0.05) is 19.5 Å². The molecule has 1 aliphatic heterocycles. The Kier molecular flexibility index (Phi) is 6.76. The smallest absolute Gasteiger partial charge is 0.303 e. The van der Waals surface area contributed by atoms with Crippen molar-refractivity contribution in [2.24, 2.45) is 0 Å². The number of carboxylic acids is 1. The molecular weight excluding hydrogens is 359 g/mol. The van der Waals surface area contributed by atoms with E-state index in [-0.39, 0.29) is 24.2 Å². The Labute approximate surface area is 164 Å². The average Bonchev–Trinajstić information content (AvgIpc) is 2.68. The summed E-state index contributed by atoms with van der Waals surface area (Å²) in [6.07, 6.45) is 1.86. The summed E-state index contributed by atoms with van der Waals surface area (Å²) in [5.74, 6) is -1.14. The number of carboxylic acid groups (broad SMARTS) is 1. The van der Waals surface area contributed by atoms with Crippen LogP contribution in [0.5, 0.6) is 0 Å². The molecule has 5 nitrogen and oxygen atoms in total. The van der Waals surface area contributed by atoms with Gasteiger partial charge in [0.1, 0.15) is 5.82 Å². The summed E-state index contributed by atoms with van der Waals surface area (Å²) >= 11 is 0. The zero-order chi connectivity index (χ0) is 19.9. The summed E-state index contributed by atoms with van der Waals surface area (Å²) in [6, 6.07) is 14.0. The lowest BCUT2D eigenvalue weighted by molar-refractivity contribution is -0.137. The Morgan fingerprint density at radius 2 is 1.82 bits per heavy atom. The van der Waals surface area contributed by atoms with E-state index in [9.17, 15) is 14.0 Å². The number of halogens is 1. The first-order valence-electron chi connectivity index (χ1n) is 9.57. The van der Waals surface area contributed by atoms with Crippen LogP contribution in [0.3, 0.4) is 0 Å². The molecule has 1 unspecified atom stereocenters. The summed E-state index contributed by atoms with van der Waals surface area (Å²) in [6.45, 7) is 1.69. The minimum absolute atomic E-state index is 0.0491. The predicted molar refractivity (Wildman–Crippen MR) is 104 cm³/mol. The Morgan fingerprint density at radius 3 is 2.54 bits per heavy atom. The summed E-state index contributed by atoms with van der Waals surface area (Å²) in [4.78, 5) is 25.7. The maximum atomic E-state index is 13.0. The molecule has 1 amide bonds. The third-order valence-corrected chi connectivity index (χ3v) is 5.11. The quantitative estimate of drug-likeness (QED) is 0.734. The molecule has 0 fully saturated rings. The maximum Gasteiger partial charge on any atom is 0.303 e. The monoisotopic (exact) mass is 384 g/mol. The molecule has 0 bridgehead atoms. The fraction of sp³-hybridized carbons (Fsp3) is 0.364. The van der Waals surface area contributed by atoms with Crippen molar-refractivity contribution >= 4 is 11.9 Å². The number of fused-ring (bicyclic) bond motifs is 1. The second-order valence-corrected chi connectivity index (χ2v) is 7.12. The molecule has 1 aliphatic rings. The largest absolute Gasteiger partial charge is 0.481 e. The number of carbonyl (C=O) groups is 2. The van der Waals surface area contributed by atoms with E-state index in [2.05, 4.69) is 16.3 Å². The molecule has 6 heteroatoms. The van der Waals surface area contributed by atoms with Crippen LogP contribution in [0, 0.1) is 5.82 Å². The van der Waals surface area contributed by atoms with E-state index < -0.39 is 5.97 Å². The van der Waals surface area contributed by atoms with E-state index in [4.69, 9.17) is 5.11 Å². The number of hydrogen-bond acceptors (Lipinski definition) is 3. The van der Waals surface area contributed by atoms with Gasteiger partial charge in [-0.25, -0.2) is 4.39 Å². The molecule has 2 aromatic rings. The third-order valence-electron chi connectivity index (χ3n) is 5.11. The van der Waals surface area contributed by atoms with Gasteiger partial charge in [0.2, 0.25) is 5.91 Å². The topological polar surface area (TPSA) is 69.6 Å². The van der Waals surface area contributed by atoms with Gasteiger partial charge < -0.3 is 10.4 Å². The SMILES string of the molecule is O=C(O)CCCN1Cc2ccccc2CC1C(=O)NCCc1ccc(F)cc1. The summed E-state index contributed by atoms with van der Waals surface area (Å²) in [7, 11) is 0. The van der Waals surface area contributed by atoms with Gasteiger partial charge in [-0.3, -0.25) is 14.5 Å². The van der Waals surface area contributed by atoms with Crippen molar-refractivity contribution in [3.8, 4) is 0 Å². The van der Waals surface area contributed by atoms with Crippen molar-refractivity contribution in [1.29, 1.82) is 0 Å². The lowest BCUT2D eigenvalue weighted by Crippen LogP contribution is -2.50. The molecule has 1 atom stereocenters. The van der Waals surface area contributed by atoms with Crippen LogP contribution in [0.15, 0.2) is 48.5 Å². The Balaban J connectivity index is 1.60. The highest BCUT2D eigenvalue weighted by atomic mass is 19.1. The van der Waals surface area contributed by atoms with Gasteiger partial charge in [-0.05, 0) is 54.6 Å². The molecule has 148 valence electrons. The highest BCUT2D eigenvalue weighted by Gasteiger charge is 2.30. The molecule has 3 rings (SSSR count). The van der Waals surface area contributed by atoms with Crippen molar-refractivity contribution in [2.75, 3.05) is 13.1 Å². The molecule has 0 spiro atoms. The second kappa shape index (κ2) is 9.46. The van der Waals surface area contributed by atoms with Crippen molar-refractivity contribution in [1.82, 2.24) is 10.2 Å². The molecule has 0 aliphatic carbocycles. The van der Waals surface area contributed by atoms with Gasteiger partial charge in [-0.2, -0.15) is 0 Å².